The van der Waals surface area contributed by atoms with Crippen LogP contribution in [0.25, 0.3) is 0 Å². The molecule has 0 spiro atoms. The van der Waals surface area contributed by atoms with E-state index in [1.807, 2.05) is 12.1 Å². The van der Waals surface area contributed by atoms with Crippen LogP contribution in [0.5, 0.6) is 11.5 Å². The Morgan fingerprint density at radius 1 is 1.15 bits per heavy atom. The fraction of sp³-hybridized carbons (Fsp3) is 0.625. The fourth-order valence-electron chi connectivity index (χ4n) is 2.45. The van der Waals surface area contributed by atoms with E-state index in [2.05, 4.69) is 23.2 Å². The summed E-state index contributed by atoms with van der Waals surface area (Å²) in [6, 6.07) is 6.05. The lowest BCUT2D eigenvalue weighted by molar-refractivity contribution is 0.224. The maximum atomic E-state index is 5.82. The maximum Gasteiger partial charge on any atom is 0.161 e. The van der Waals surface area contributed by atoms with E-state index in [0.717, 1.165) is 37.6 Å². The second-order valence-corrected chi connectivity index (χ2v) is 5.30. The van der Waals surface area contributed by atoms with Crippen LogP contribution in [0.15, 0.2) is 18.2 Å². The second kappa shape index (κ2) is 8.12. The third-order valence-corrected chi connectivity index (χ3v) is 3.65. The first-order valence-electron chi connectivity index (χ1n) is 7.50. The minimum atomic E-state index is 0.755. The van der Waals surface area contributed by atoms with E-state index >= 15 is 0 Å². The van der Waals surface area contributed by atoms with Crippen molar-refractivity contribution >= 4 is 0 Å². The summed E-state index contributed by atoms with van der Waals surface area (Å²) < 4.78 is 11.2. The van der Waals surface area contributed by atoms with E-state index in [0.29, 0.717) is 0 Å². The van der Waals surface area contributed by atoms with E-state index < -0.39 is 0 Å². The molecule has 1 saturated heterocycles. The molecule has 1 aromatic carbocycles. The molecule has 1 aliphatic heterocycles. The van der Waals surface area contributed by atoms with Crippen molar-refractivity contribution in [2.24, 2.45) is 0 Å². The number of rotatable bonds is 7. The molecular weight excluding hydrogens is 252 g/mol. The number of ether oxygens (including phenoxy) is 2. The topological polar surface area (TPSA) is 33.7 Å². The number of hydrogen-bond acceptors (Lipinski definition) is 4. The summed E-state index contributed by atoms with van der Waals surface area (Å²) in [6.45, 7) is 8.58. The Hall–Kier alpha value is -1.26. The number of nitrogens with zero attached hydrogens (tertiary/aromatic N) is 1. The molecule has 0 radical (unpaired) electrons. The van der Waals surface area contributed by atoms with Crippen molar-refractivity contribution in [1.29, 1.82) is 0 Å². The molecule has 0 unspecified atom stereocenters. The van der Waals surface area contributed by atoms with Gasteiger partial charge in [-0.2, -0.15) is 0 Å². The number of benzene rings is 1. The Morgan fingerprint density at radius 3 is 2.70 bits per heavy atom. The molecule has 4 heteroatoms. The predicted octanol–water partition coefficient (Wildman–Crippen LogP) is 2.07. The van der Waals surface area contributed by atoms with Gasteiger partial charge in [-0.15, -0.1) is 0 Å². The molecule has 0 bridgehead atoms. The molecule has 0 aromatic heterocycles. The molecule has 0 saturated carbocycles. The largest absolute Gasteiger partial charge is 0.493 e. The first-order chi connectivity index (χ1) is 9.79. The number of aryl methyl sites for hydroxylation is 1. The zero-order valence-electron chi connectivity index (χ0n) is 12.7. The van der Waals surface area contributed by atoms with Crippen molar-refractivity contribution in [3.63, 3.8) is 0 Å². The highest BCUT2D eigenvalue weighted by Crippen LogP contribution is 2.27. The smallest absolute Gasteiger partial charge is 0.161 e. The summed E-state index contributed by atoms with van der Waals surface area (Å²) in [7, 11) is 1.69. The van der Waals surface area contributed by atoms with Gasteiger partial charge in [0.1, 0.15) is 0 Å². The standard InChI is InChI=1S/C16H26N2O2/c1-14-5-6-15(16(13-14)19-2)20-12-4-3-9-18-10-7-17-8-11-18/h5-6,13,17H,3-4,7-12H2,1-2H3. The van der Waals surface area contributed by atoms with Gasteiger partial charge in [0.2, 0.25) is 0 Å². The second-order valence-electron chi connectivity index (χ2n) is 5.30. The molecular formula is C16H26N2O2. The Morgan fingerprint density at radius 2 is 1.95 bits per heavy atom. The molecule has 20 heavy (non-hydrogen) atoms. The summed E-state index contributed by atoms with van der Waals surface area (Å²) in [4.78, 5) is 2.52. The molecule has 1 heterocycles. The van der Waals surface area contributed by atoms with Crippen LogP contribution in [-0.4, -0.2) is 51.3 Å². The van der Waals surface area contributed by atoms with E-state index in [4.69, 9.17) is 9.47 Å². The molecule has 0 atom stereocenters. The van der Waals surface area contributed by atoms with Gasteiger partial charge in [-0.3, -0.25) is 0 Å². The number of hydrogen-bond donors (Lipinski definition) is 1. The summed E-state index contributed by atoms with van der Waals surface area (Å²) in [5, 5.41) is 3.37. The van der Waals surface area contributed by atoms with Crippen LogP contribution >= 0.6 is 0 Å². The van der Waals surface area contributed by atoms with E-state index in [1.54, 1.807) is 7.11 Å². The van der Waals surface area contributed by atoms with E-state index in [9.17, 15) is 0 Å². The van der Waals surface area contributed by atoms with Crippen molar-refractivity contribution in [1.82, 2.24) is 10.2 Å². The highest BCUT2D eigenvalue weighted by molar-refractivity contribution is 5.42. The predicted molar refractivity (Wildman–Crippen MR) is 81.8 cm³/mol. The van der Waals surface area contributed by atoms with Crippen LogP contribution in [0.4, 0.5) is 0 Å². The van der Waals surface area contributed by atoms with Crippen molar-refractivity contribution < 1.29 is 9.47 Å². The molecule has 4 nitrogen and oxygen atoms in total. The molecule has 1 fully saturated rings. The van der Waals surface area contributed by atoms with Crippen LogP contribution in [0.3, 0.4) is 0 Å². The van der Waals surface area contributed by atoms with Gasteiger partial charge in [0.15, 0.2) is 11.5 Å². The molecule has 112 valence electrons. The van der Waals surface area contributed by atoms with E-state index in [1.165, 1.54) is 31.6 Å². The average molecular weight is 278 g/mol. The van der Waals surface area contributed by atoms with Gasteiger partial charge in [0, 0.05) is 26.2 Å². The van der Waals surface area contributed by atoms with Gasteiger partial charge < -0.3 is 19.7 Å². The monoisotopic (exact) mass is 278 g/mol. The summed E-state index contributed by atoms with van der Waals surface area (Å²) in [5.41, 5.74) is 1.19. The number of methoxy groups -OCH3 is 1. The lowest BCUT2D eigenvalue weighted by atomic mass is 10.2. The lowest BCUT2D eigenvalue weighted by Gasteiger charge is -2.27. The molecule has 0 amide bonds. The van der Waals surface area contributed by atoms with Crippen molar-refractivity contribution in [3.05, 3.63) is 23.8 Å². The molecule has 1 aromatic rings. The van der Waals surface area contributed by atoms with Crippen molar-refractivity contribution in [2.45, 2.75) is 19.8 Å². The van der Waals surface area contributed by atoms with Gasteiger partial charge in [0.05, 0.1) is 13.7 Å². The fourth-order valence-corrected chi connectivity index (χ4v) is 2.45. The van der Waals surface area contributed by atoms with Crippen molar-refractivity contribution in [3.8, 4) is 11.5 Å². The van der Waals surface area contributed by atoms with Crippen molar-refractivity contribution in [2.75, 3.05) is 46.4 Å². The summed E-state index contributed by atoms with van der Waals surface area (Å²) >= 11 is 0. The quantitative estimate of drug-likeness (QED) is 0.774. The third kappa shape index (κ3) is 4.69. The lowest BCUT2D eigenvalue weighted by Crippen LogP contribution is -2.43. The number of unbranched alkanes of at least 4 members (excludes halogenated alkanes) is 1. The zero-order chi connectivity index (χ0) is 14.2. The van der Waals surface area contributed by atoms with Gasteiger partial charge in [-0.05, 0) is 44.0 Å². The number of nitrogens with one attached hydrogen (secondary N) is 1. The van der Waals surface area contributed by atoms with E-state index in [-0.39, 0.29) is 0 Å². The normalized spacial score (nSPS) is 16.1. The Kier molecular flexibility index (Phi) is 6.15. The first kappa shape index (κ1) is 15.1. The highest BCUT2D eigenvalue weighted by atomic mass is 16.5. The SMILES string of the molecule is COc1cc(C)ccc1OCCCCN1CCNCC1. The molecule has 1 aliphatic rings. The minimum Gasteiger partial charge on any atom is -0.493 e. The van der Waals surface area contributed by atoms with Crippen LogP contribution in [-0.2, 0) is 0 Å². The van der Waals surface area contributed by atoms with Crippen LogP contribution < -0.4 is 14.8 Å². The molecule has 0 aliphatic carbocycles. The highest BCUT2D eigenvalue weighted by Gasteiger charge is 2.08. The van der Waals surface area contributed by atoms with Crippen LogP contribution in [0, 0.1) is 6.92 Å². The van der Waals surface area contributed by atoms with Gasteiger partial charge in [-0.1, -0.05) is 6.07 Å². The first-order valence-corrected chi connectivity index (χ1v) is 7.50. The Labute approximate surface area is 122 Å². The molecule has 2 rings (SSSR count). The number of piperazine rings is 1. The third-order valence-electron chi connectivity index (χ3n) is 3.65. The van der Waals surface area contributed by atoms with Gasteiger partial charge in [0.25, 0.3) is 0 Å². The average Bonchev–Trinajstić information content (AvgIpc) is 2.49. The maximum absolute atomic E-state index is 5.82. The van der Waals surface area contributed by atoms with Gasteiger partial charge in [-0.25, -0.2) is 0 Å². The summed E-state index contributed by atoms with van der Waals surface area (Å²) in [6.07, 6.45) is 2.27. The minimum absolute atomic E-state index is 0.755. The Bertz CT molecular complexity index is 403. The van der Waals surface area contributed by atoms with Crippen LogP contribution in [0.2, 0.25) is 0 Å². The summed E-state index contributed by atoms with van der Waals surface area (Å²) in [5.74, 6) is 1.67. The zero-order valence-corrected chi connectivity index (χ0v) is 12.7. The molecule has 1 N–H and O–H groups in total. The van der Waals surface area contributed by atoms with Gasteiger partial charge >= 0.3 is 0 Å². The van der Waals surface area contributed by atoms with Crippen LogP contribution in [0.1, 0.15) is 18.4 Å². The Balaban J connectivity index is 1.65.